The first kappa shape index (κ1) is 15.2. The van der Waals surface area contributed by atoms with Crippen LogP contribution in [0.2, 0.25) is 0 Å². The molecule has 1 atom stereocenters. The minimum Gasteiger partial charge on any atom is -0.496 e. The number of aliphatic hydroxyl groups excluding tert-OH is 1. The number of hydrogen-bond donors (Lipinski definition) is 1. The fourth-order valence-corrected chi connectivity index (χ4v) is 2.04. The van der Waals surface area contributed by atoms with Crippen molar-refractivity contribution in [3.05, 3.63) is 53.6 Å². The van der Waals surface area contributed by atoms with Crippen LogP contribution in [0.5, 0.6) is 17.2 Å². The zero-order chi connectivity index (χ0) is 15.2. The number of hydrogen-bond acceptors (Lipinski definition) is 4. The highest BCUT2D eigenvalue weighted by Gasteiger charge is 2.10. The zero-order valence-electron chi connectivity index (χ0n) is 12.5. The molecule has 0 aliphatic rings. The van der Waals surface area contributed by atoms with Crippen LogP contribution in [0, 0.1) is 0 Å². The molecular formula is C17H20O4. The summed E-state index contributed by atoms with van der Waals surface area (Å²) in [6, 6.07) is 13.1. The quantitative estimate of drug-likeness (QED) is 0.885. The molecular weight excluding hydrogens is 268 g/mol. The third kappa shape index (κ3) is 3.67. The molecule has 0 aromatic heterocycles. The van der Waals surface area contributed by atoms with Crippen LogP contribution in [0.1, 0.15) is 24.2 Å². The van der Waals surface area contributed by atoms with E-state index in [2.05, 4.69) is 0 Å². The van der Waals surface area contributed by atoms with E-state index in [-0.39, 0.29) is 0 Å². The Hall–Kier alpha value is -2.20. The third-order valence-corrected chi connectivity index (χ3v) is 3.25. The first-order valence-corrected chi connectivity index (χ1v) is 6.76. The second-order valence-electron chi connectivity index (χ2n) is 4.69. The van der Waals surface area contributed by atoms with E-state index in [0.29, 0.717) is 18.1 Å². The summed E-state index contributed by atoms with van der Waals surface area (Å²) in [4.78, 5) is 0. The van der Waals surface area contributed by atoms with Gasteiger partial charge in [-0.2, -0.15) is 0 Å². The largest absolute Gasteiger partial charge is 0.496 e. The molecule has 4 heteroatoms. The maximum atomic E-state index is 9.60. The topological polar surface area (TPSA) is 47.9 Å². The molecule has 0 saturated carbocycles. The molecule has 21 heavy (non-hydrogen) atoms. The molecule has 2 rings (SSSR count). The van der Waals surface area contributed by atoms with Crippen LogP contribution in [-0.2, 0) is 6.61 Å². The average molecular weight is 288 g/mol. The van der Waals surface area contributed by atoms with Crippen LogP contribution < -0.4 is 14.2 Å². The molecule has 1 N–H and O–H groups in total. The van der Waals surface area contributed by atoms with Crippen LogP contribution >= 0.6 is 0 Å². The monoisotopic (exact) mass is 288 g/mol. The standard InChI is InChI=1S/C17H20O4/c1-12(18)13-8-9-16(17(10-13)20-3)21-11-14-6-4-5-7-15(14)19-2/h4-10,12,18H,11H2,1-3H3/t12-/m1/s1. The maximum Gasteiger partial charge on any atom is 0.161 e. The Morgan fingerprint density at radius 2 is 1.67 bits per heavy atom. The van der Waals surface area contributed by atoms with Gasteiger partial charge in [-0.25, -0.2) is 0 Å². The second kappa shape index (κ2) is 6.99. The van der Waals surface area contributed by atoms with Crippen LogP contribution in [0.3, 0.4) is 0 Å². The lowest BCUT2D eigenvalue weighted by Gasteiger charge is -2.14. The molecule has 0 radical (unpaired) electrons. The lowest BCUT2D eigenvalue weighted by atomic mass is 10.1. The zero-order valence-corrected chi connectivity index (χ0v) is 12.5. The molecule has 0 aliphatic carbocycles. The summed E-state index contributed by atoms with van der Waals surface area (Å²) in [6.45, 7) is 2.10. The number of rotatable bonds is 6. The summed E-state index contributed by atoms with van der Waals surface area (Å²) in [5, 5.41) is 9.60. The van der Waals surface area contributed by atoms with Crippen molar-refractivity contribution in [1.29, 1.82) is 0 Å². The van der Waals surface area contributed by atoms with E-state index in [1.54, 1.807) is 33.3 Å². The van der Waals surface area contributed by atoms with Gasteiger partial charge in [0.1, 0.15) is 12.4 Å². The number of benzene rings is 2. The minimum atomic E-state index is -0.540. The van der Waals surface area contributed by atoms with E-state index >= 15 is 0 Å². The van der Waals surface area contributed by atoms with Gasteiger partial charge in [0.25, 0.3) is 0 Å². The van der Waals surface area contributed by atoms with Crippen molar-refractivity contribution < 1.29 is 19.3 Å². The molecule has 0 saturated heterocycles. The van der Waals surface area contributed by atoms with E-state index in [0.717, 1.165) is 16.9 Å². The molecule has 0 fully saturated rings. The van der Waals surface area contributed by atoms with E-state index in [9.17, 15) is 5.11 Å². The first-order chi connectivity index (χ1) is 10.2. The van der Waals surface area contributed by atoms with E-state index in [1.165, 1.54) is 0 Å². The highest BCUT2D eigenvalue weighted by atomic mass is 16.5. The van der Waals surface area contributed by atoms with E-state index < -0.39 is 6.10 Å². The van der Waals surface area contributed by atoms with Gasteiger partial charge in [-0.1, -0.05) is 24.3 Å². The normalized spacial score (nSPS) is 11.8. The van der Waals surface area contributed by atoms with Gasteiger partial charge in [-0.15, -0.1) is 0 Å². The lowest BCUT2D eigenvalue weighted by Crippen LogP contribution is -2.01. The van der Waals surface area contributed by atoms with Crippen LogP contribution in [0.25, 0.3) is 0 Å². The van der Waals surface area contributed by atoms with Gasteiger partial charge in [0.2, 0.25) is 0 Å². The molecule has 0 bridgehead atoms. The first-order valence-electron chi connectivity index (χ1n) is 6.76. The summed E-state index contributed by atoms with van der Waals surface area (Å²) in [5.74, 6) is 2.02. The van der Waals surface area contributed by atoms with Gasteiger partial charge in [-0.05, 0) is 30.7 Å². The Kier molecular flexibility index (Phi) is 5.06. The number of para-hydroxylation sites is 1. The number of aliphatic hydroxyl groups is 1. The van der Waals surface area contributed by atoms with Gasteiger partial charge in [0.15, 0.2) is 11.5 Å². The Morgan fingerprint density at radius 1 is 0.952 bits per heavy atom. The van der Waals surface area contributed by atoms with E-state index in [1.807, 2.05) is 30.3 Å². The number of methoxy groups -OCH3 is 2. The SMILES string of the molecule is COc1ccccc1COc1ccc([C@@H](C)O)cc1OC. The molecule has 2 aromatic rings. The van der Waals surface area contributed by atoms with Crippen LogP contribution in [0.15, 0.2) is 42.5 Å². The Balaban J connectivity index is 2.16. The molecule has 0 aliphatic heterocycles. The lowest BCUT2D eigenvalue weighted by molar-refractivity contribution is 0.198. The van der Waals surface area contributed by atoms with Crippen molar-refractivity contribution in [1.82, 2.24) is 0 Å². The van der Waals surface area contributed by atoms with Crippen molar-refractivity contribution in [2.45, 2.75) is 19.6 Å². The molecule has 112 valence electrons. The third-order valence-electron chi connectivity index (χ3n) is 3.25. The average Bonchev–Trinajstić information content (AvgIpc) is 2.52. The molecule has 4 nitrogen and oxygen atoms in total. The molecule has 0 unspecified atom stereocenters. The van der Waals surface area contributed by atoms with Crippen molar-refractivity contribution in [2.24, 2.45) is 0 Å². The van der Waals surface area contributed by atoms with Crippen LogP contribution in [-0.4, -0.2) is 19.3 Å². The number of ether oxygens (including phenoxy) is 3. The van der Waals surface area contributed by atoms with Crippen molar-refractivity contribution in [2.75, 3.05) is 14.2 Å². The highest BCUT2D eigenvalue weighted by molar-refractivity contribution is 5.44. The molecule has 2 aromatic carbocycles. The van der Waals surface area contributed by atoms with Gasteiger partial charge in [0.05, 0.1) is 20.3 Å². The van der Waals surface area contributed by atoms with Crippen molar-refractivity contribution in [3.8, 4) is 17.2 Å². The van der Waals surface area contributed by atoms with Gasteiger partial charge in [0, 0.05) is 5.56 Å². The summed E-state index contributed by atoms with van der Waals surface area (Å²) in [5.41, 5.74) is 1.75. The van der Waals surface area contributed by atoms with Gasteiger partial charge < -0.3 is 19.3 Å². The van der Waals surface area contributed by atoms with Crippen molar-refractivity contribution in [3.63, 3.8) is 0 Å². The Morgan fingerprint density at radius 3 is 2.33 bits per heavy atom. The van der Waals surface area contributed by atoms with Gasteiger partial charge in [-0.3, -0.25) is 0 Å². The second-order valence-corrected chi connectivity index (χ2v) is 4.69. The molecule has 0 spiro atoms. The van der Waals surface area contributed by atoms with E-state index in [4.69, 9.17) is 14.2 Å². The van der Waals surface area contributed by atoms with Gasteiger partial charge >= 0.3 is 0 Å². The smallest absolute Gasteiger partial charge is 0.161 e. The summed E-state index contributed by atoms with van der Waals surface area (Å²) < 4.78 is 16.4. The molecule has 0 amide bonds. The predicted molar refractivity (Wildman–Crippen MR) is 81.0 cm³/mol. The fraction of sp³-hybridized carbons (Fsp3) is 0.294. The summed E-state index contributed by atoms with van der Waals surface area (Å²) in [7, 11) is 3.22. The fourth-order valence-electron chi connectivity index (χ4n) is 2.04. The minimum absolute atomic E-state index is 0.383. The van der Waals surface area contributed by atoms with Crippen LogP contribution in [0.4, 0.5) is 0 Å². The Bertz CT molecular complexity index is 593. The Labute approximate surface area is 124 Å². The highest BCUT2D eigenvalue weighted by Crippen LogP contribution is 2.31. The maximum absolute atomic E-state index is 9.60. The van der Waals surface area contributed by atoms with Crippen molar-refractivity contribution >= 4 is 0 Å². The summed E-state index contributed by atoms with van der Waals surface area (Å²) >= 11 is 0. The predicted octanol–water partition coefficient (Wildman–Crippen LogP) is 3.34. The summed E-state index contributed by atoms with van der Waals surface area (Å²) in [6.07, 6.45) is -0.540. The molecule has 0 heterocycles.